The van der Waals surface area contributed by atoms with Crippen molar-refractivity contribution in [2.24, 2.45) is 75.4 Å². The molecule has 0 spiro atoms. The van der Waals surface area contributed by atoms with Crippen LogP contribution in [0.1, 0.15) is 112 Å². The lowest BCUT2D eigenvalue weighted by molar-refractivity contribution is -0.253. The van der Waals surface area contributed by atoms with Gasteiger partial charge in [0.2, 0.25) is 0 Å². The van der Waals surface area contributed by atoms with Crippen molar-refractivity contribution in [2.75, 3.05) is 26.7 Å². The molecule has 5 aliphatic carbocycles. The van der Waals surface area contributed by atoms with E-state index < -0.39 is 30.0 Å². The molecule has 1 saturated heterocycles. The maximum Gasteiger partial charge on any atom is 0.157 e. The van der Waals surface area contributed by atoms with Crippen LogP contribution in [0.2, 0.25) is 0 Å². The highest BCUT2D eigenvalue weighted by atomic mass is 16.6. The van der Waals surface area contributed by atoms with E-state index in [4.69, 9.17) is 4.74 Å². The molecule has 0 aromatic heterocycles. The fourth-order valence-electron chi connectivity index (χ4n) is 13.8. The Kier molecular flexibility index (Phi) is 9.93. The van der Waals surface area contributed by atoms with Crippen LogP contribution >= 0.6 is 0 Å². The number of ether oxygens (including phenoxy) is 1. The Balaban J connectivity index is 1.16. The van der Waals surface area contributed by atoms with Crippen molar-refractivity contribution in [3.63, 3.8) is 0 Å². The summed E-state index contributed by atoms with van der Waals surface area (Å²) in [4.78, 5) is 17.4. The Morgan fingerprint density at radius 3 is 2.17 bits per heavy atom. The molecule has 5 saturated carbocycles. The van der Waals surface area contributed by atoms with Gasteiger partial charge in [-0.05, 0) is 137 Å². The summed E-state index contributed by atoms with van der Waals surface area (Å²) < 4.78 is 5.17. The number of likely N-dealkylation sites (tertiary alicyclic amines) is 1. The minimum absolute atomic E-state index is 0.0145. The SMILES string of the molecule is COC(O)C1CCN(CC2CCC(C3CCC(O)C4C(=O)C5C(C)[C@]6(C)C(O)C(C(C)O)C(C)C[C@]6(C)C[C@]5(C)CC34)CC2)CC1. The molecule has 0 aromatic rings. The number of ketones is 1. The standard InChI is InChI=1S/C39H67NO6/c1-22-18-38(5)21-37(4)19-29-28(26-10-8-25(9-11-26)20-40-16-14-27(15-17-40)36(45)46-7)12-13-30(42)32(29)34(43)33(37)23(2)39(38,6)35(44)31(22)24(3)41/h22-33,35-36,41-42,44-45H,8-21H2,1-7H3/t22?,23?,24?,25?,26?,28?,29?,30?,31?,32?,33?,35?,36?,37-,38+,39+/m0/s1. The van der Waals surface area contributed by atoms with Crippen LogP contribution in [-0.2, 0) is 9.53 Å². The number of Topliss-reactive ketones (excluding diaryl/α,β-unsaturated/α-hetero) is 1. The van der Waals surface area contributed by atoms with Crippen LogP contribution in [0.4, 0.5) is 0 Å². The van der Waals surface area contributed by atoms with Gasteiger partial charge in [-0.15, -0.1) is 0 Å². The summed E-state index contributed by atoms with van der Waals surface area (Å²) in [7, 11) is 1.59. The Morgan fingerprint density at radius 2 is 1.57 bits per heavy atom. The van der Waals surface area contributed by atoms with E-state index in [-0.39, 0.29) is 58.0 Å². The van der Waals surface area contributed by atoms with Gasteiger partial charge < -0.3 is 30.1 Å². The average molecular weight is 646 g/mol. The van der Waals surface area contributed by atoms with E-state index >= 15 is 0 Å². The van der Waals surface area contributed by atoms with Gasteiger partial charge in [0.1, 0.15) is 5.78 Å². The number of aliphatic hydroxyl groups is 4. The molecule has 46 heavy (non-hydrogen) atoms. The molecule has 11 unspecified atom stereocenters. The number of nitrogens with zero attached hydrogens (tertiary/aromatic N) is 1. The number of hydrogen-bond donors (Lipinski definition) is 4. The number of aliphatic hydroxyl groups excluding tert-OH is 4. The van der Waals surface area contributed by atoms with Crippen molar-refractivity contribution >= 4 is 5.78 Å². The fraction of sp³-hybridized carbons (Fsp3) is 0.974. The third-order valence-electron chi connectivity index (χ3n) is 16.1. The topological polar surface area (TPSA) is 110 Å². The highest BCUT2D eigenvalue weighted by molar-refractivity contribution is 5.87. The molecule has 1 aliphatic heterocycles. The summed E-state index contributed by atoms with van der Waals surface area (Å²) in [5, 5.41) is 44.3. The molecular weight excluding hydrogens is 578 g/mol. The second kappa shape index (κ2) is 13.0. The zero-order valence-electron chi connectivity index (χ0n) is 30.0. The van der Waals surface area contributed by atoms with E-state index in [0.29, 0.717) is 11.8 Å². The van der Waals surface area contributed by atoms with E-state index in [9.17, 15) is 25.2 Å². The van der Waals surface area contributed by atoms with Crippen LogP contribution in [0.25, 0.3) is 0 Å². The molecule has 1 heterocycles. The van der Waals surface area contributed by atoms with Crippen molar-refractivity contribution in [1.82, 2.24) is 4.90 Å². The summed E-state index contributed by atoms with van der Waals surface area (Å²) in [6.07, 6.45) is 9.23. The van der Waals surface area contributed by atoms with Gasteiger partial charge in [-0.2, -0.15) is 0 Å². The summed E-state index contributed by atoms with van der Waals surface area (Å²) in [5.74, 6) is 2.23. The molecule has 4 N–H and O–H groups in total. The number of fused-ring (bicyclic) bond motifs is 3. The van der Waals surface area contributed by atoms with Crippen molar-refractivity contribution in [2.45, 2.75) is 137 Å². The first-order chi connectivity index (χ1) is 21.6. The molecule has 6 fully saturated rings. The molecule has 264 valence electrons. The van der Waals surface area contributed by atoms with E-state index in [2.05, 4.69) is 39.5 Å². The number of piperidine rings is 1. The lowest BCUT2D eigenvalue weighted by atomic mass is 9.34. The molecule has 6 aliphatic rings. The van der Waals surface area contributed by atoms with E-state index in [1.165, 1.54) is 25.7 Å². The average Bonchev–Trinajstić information content (AvgIpc) is 2.99. The predicted molar refractivity (Wildman–Crippen MR) is 180 cm³/mol. The Bertz CT molecular complexity index is 1080. The van der Waals surface area contributed by atoms with Gasteiger partial charge in [0.15, 0.2) is 6.29 Å². The normalized spacial score (nSPS) is 51.9. The molecule has 7 nitrogen and oxygen atoms in total. The largest absolute Gasteiger partial charge is 0.393 e. The van der Waals surface area contributed by atoms with Crippen molar-refractivity contribution in [1.29, 1.82) is 0 Å². The second-order valence-electron chi connectivity index (χ2n) is 18.5. The highest BCUT2D eigenvalue weighted by Gasteiger charge is 2.70. The minimum atomic E-state index is -0.658. The quantitative estimate of drug-likeness (QED) is 0.282. The zero-order chi connectivity index (χ0) is 33.3. The maximum atomic E-state index is 14.8. The van der Waals surface area contributed by atoms with Gasteiger partial charge in [0.05, 0.1) is 18.3 Å². The van der Waals surface area contributed by atoms with Crippen LogP contribution in [0, 0.1) is 75.4 Å². The van der Waals surface area contributed by atoms with E-state index in [1.54, 1.807) is 7.11 Å². The minimum Gasteiger partial charge on any atom is -0.393 e. The highest BCUT2D eigenvalue weighted by Crippen LogP contribution is 2.72. The number of carbonyl (C=O) groups is 1. The first-order valence-electron chi connectivity index (χ1n) is 19.2. The van der Waals surface area contributed by atoms with Crippen molar-refractivity contribution < 1.29 is 30.0 Å². The predicted octanol–water partition coefficient (Wildman–Crippen LogP) is 5.52. The summed E-state index contributed by atoms with van der Waals surface area (Å²) in [6.45, 7) is 16.4. The third-order valence-corrected chi connectivity index (χ3v) is 16.1. The lowest BCUT2D eigenvalue weighted by Crippen LogP contribution is -2.70. The van der Waals surface area contributed by atoms with Gasteiger partial charge in [-0.25, -0.2) is 0 Å². The van der Waals surface area contributed by atoms with Crippen LogP contribution < -0.4 is 0 Å². The molecule has 6 rings (SSSR count). The number of methoxy groups -OCH3 is 1. The van der Waals surface area contributed by atoms with Gasteiger partial charge in [0, 0.05) is 42.7 Å². The number of rotatable bonds is 6. The Labute approximate surface area is 279 Å². The Morgan fingerprint density at radius 1 is 0.913 bits per heavy atom. The van der Waals surface area contributed by atoms with Crippen molar-refractivity contribution in [3.05, 3.63) is 0 Å². The fourth-order valence-corrected chi connectivity index (χ4v) is 13.8. The molecule has 7 heteroatoms. The van der Waals surface area contributed by atoms with Crippen LogP contribution in [0.15, 0.2) is 0 Å². The first-order valence-corrected chi connectivity index (χ1v) is 19.2. The molecular formula is C39H67NO6. The van der Waals surface area contributed by atoms with Gasteiger partial charge in [0.25, 0.3) is 0 Å². The summed E-state index contributed by atoms with van der Waals surface area (Å²) in [6, 6.07) is 0. The Hall–Kier alpha value is -0.570. The molecule has 14 atom stereocenters. The number of carbonyl (C=O) groups excluding carboxylic acids is 1. The van der Waals surface area contributed by atoms with Gasteiger partial charge in [-0.3, -0.25) is 4.79 Å². The second-order valence-corrected chi connectivity index (χ2v) is 18.5. The lowest BCUT2D eigenvalue weighted by Gasteiger charge is -2.70. The monoisotopic (exact) mass is 645 g/mol. The summed E-state index contributed by atoms with van der Waals surface area (Å²) in [5.41, 5.74) is -0.728. The first kappa shape index (κ1) is 35.3. The van der Waals surface area contributed by atoms with Crippen molar-refractivity contribution in [3.8, 4) is 0 Å². The molecule has 0 amide bonds. The number of hydrogen-bond acceptors (Lipinski definition) is 7. The van der Waals surface area contributed by atoms with E-state index in [1.807, 2.05) is 6.92 Å². The summed E-state index contributed by atoms with van der Waals surface area (Å²) >= 11 is 0. The van der Waals surface area contributed by atoms with E-state index in [0.717, 1.165) is 70.5 Å². The molecule has 0 radical (unpaired) electrons. The van der Waals surface area contributed by atoms with Gasteiger partial charge in [-0.1, -0.05) is 34.6 Å². The van der Waals surface area contributed by atoms with Crippen LogP contribution in [0.5, 0.6) is 0 Å². The third kappa shape index (κ3) is 5.67. The zero-order valence-corrected chi connectivity index (χ0v) is 30.0. The molecule has 0 aromatic carbocycles. The van der Waals surface area contributed by atoms with Gasteiger partial charge >= 0.3 is 0 Å². The smallest absolute Gasteiger partial charge is 0.157 e. The molecule has 0 bridgehead atoms. The maximum absolute atomic E-state index is 14.8. The van der Waals surface area contributed by atoms with Crippen LogP contribution in [-0.4, -0.2) is 82.5 Å². The van der Waals surface area contributed by atoms with Crippen LogP contribution in [0.3, 0.4) is 0 Å².